The van der Waals surface area contributed by atoms with Crippen LogP contribution in [-0.2, 0) is 16.1 Å². The van der Waals surface area contributed by atoms with E-state index in [1.807, 2.05) is 0 Å². The molecule has 0 saturated carbocycles. The smallest absolute Gasteiger partial charge is 0.339 e. The van der Waals surface area contributed by atoms with Gasteiger partial charge in [-0.3, -0.25) is 9.59 Å². The number of nitrogens with zero attached hydrogens (tertiary/aromatic N) is 1. The summed E-state index contributed by atoms with van der Waals surface area (Å²) in [6.07, 6.45) is 2.81. The van der Waals surface area contributed by atoms with E-state index < -0.39 is 5.97 Å². The molecular formula is C15H16N2O5. The minimum Gasteiger partial charge on any atom is -0.467 e. The van der Waals surface area contributed by atoms with Crippen molar-refractivity contribution in [2.45, 2.75) is 19.5 Å². The van der Waals surface area contributed by atoms with Crippen LogP contribution < -0.4 is 10.9 Å². The highest BCUT2D eigenvalue weighted by Gasteiger charge is 2.14. The van der Waals surface area contributed by atoms with E-state index in [0.29, 0.717) is 5.76 Å². The van der Waals surface area contributed by atoms with E-state index in [1.165, 1.54) is 31.7 Å². The Bertz CT molecular complexity index is 718. The number of carbonyl (C=O) groups is 2. The van der Waals surface area contributed by atoms with Gasteiger partial charge in [-0.2, -0.15) is 0 Å². The molecule has 2 heterocycles. The molecule has 0 fully saturated rings. The molecule has 7 nitrogen and oxygen atoms in total. The van der Waals surface area contributed by atoms with Crippen LogP contribution in [0, 0.1) is 0 Å². The Morgan fingerprint density at radius 1 is 1.36 bits per heavy atom. The first-order valence-corrected chi connectivity index (χ1v) is 6.63. The van der Waals surface area contributed by atoms with Crippen LogP contribution in [0.15, 0.2) is 45.9 Å². The van der Waals surface area contributed by atoms with Gasteiger partial charge in [-0.15, -0.1) is 0 Å². The zero-order valence-corrected chi connectivity index (χ0v) is 12.2. The van der Waals surface area contributed by atoms with E-state index in [2.05, 4.69) is 10.1 Å². The molecule has 0 bridgehead atoms. The molecule has 1 amide bonds. The van der Waals surface area contributed by atoms with Crippen molar-refractivity contribution in [3.63, 3.8) is 0 Å². The van der Waals surface area contributed by atoms with Gasteiger partial charge in [-0.05, 0) is 25.1 Å². The first kappa shape index (κ1) is 15.6. The van der Waals surface area contributed by atoms with Crippen molar-refractivity contribution in [2.75, 3.05) is 7.11 Å². The van der Waals surface area contributed by atoms with Crippen molar-refractivity contribution in [3.05, 3.63) is 58.4 Å². The lowest BCUT2D eigenvalue weighted by atomic mass is 10.2. The highest BCUT2D eigenvalue weighted by Crippen LogP contribution is 2.11. The summed E-state index contributed by atoms with van der Waals surface area (Å²) in [5.74, 6) is -0.324. The summed E-state index contributed by atoms with van der Waals surface area (Å²) in [7, 11) is 1.25. The van der Waals surface area contributed by atoms with Gasteiger partial charge in [0, 0.05) is 12.3 Å². The first-order chi connectivity index (χ1) is 10.5. The molecule has 7 heteroatoms. The zero-order valence-electron chi connectivity index (χ0n) is 12.2. The Morgan fingerprint density at radius 3 is 2.77 bits per heavy atom. The van der Waals surface area contributed by atoms with Gasteiger partial charge in [-0.1, -0.05) is 0 Å². The van der Waals surface area contributed by atoms with Gasteiger partial charge in [0.2, 0.25) is 5.91 Å². The molecule has 1 atom stereocenters. The van der Waals surface area contributed by atoms with Gasteiger partial charge in [-0.25, -0.2) is 4.79 Å². The topological polar surface area (TPSA) is 90.5 Å². The van der Waals surface area contributed by atoms with Crippen LogP contribution in [0.3, 0.4) is 0 Å². The number of hydrogen-bond donors (Lipinski definition) is 1. The Hall–Kier alpha value is -2.83. The highest BCUT2D eigenvalue weighted by atomic mass is 16.5. The minimum absolute atomic E-state index is 0.200. The van der Waals surface area contributed by atoms with Crippen LogP contribution in [0.25, 0.3) is 0 Å². The number of pyridine rings is 1. The molecule has 0 unspecified atom stereocenters. The molecule has 0 aromatic carbocycles. The summed E-state index contributed by atoms with van der Waals surface area (Å²) < 4.78 is 10.9. The zero-order chi connectivity index (χ0) is 16.1. The minimum atomic E-state index is -0.571. The Labute approximate surface area is 126 Å². The van der Waals surface area contributed by atoms with Gasteiger partial charge in [0.1, 0.15) is 12.3 Å². The number of ether oxygens (including phenoxy) is 1. The number of esters is 1. The number of furan rings is 1. The summed E-state index contributed by atoms with van der Waals surface area (Å²) in [6.45, 7) is 1.57. The second-order valence-electron chi connectivity index (χ2n) is 4.68. The molecule has 116 valence electrons. The van der Waals surface area contributed by atoms with Crippen LogP contribution in [-0.4, -0.2) is 23.6 Å². The first-order valence-electron chi connectivity index (χ1n) is 6.63. The molecule has 2 aromatic heterocycles. The van der Waals surface area contributed by atoms with Gasteiger partial charge in [0.05, 0.1) is 25.0 Å². The lowest BCUT2D eigenvalue weighted by Gasteiger charge is -2.12. The summed E-state index contributed by atoms with van der Waals surface area (Å²) in [6, 6.07) is 5.72. The third-order valence-electron chi connectivity index (χ3n) is 3.07. The summed E-state index contributed by atoms with van der Waals surface area (Å²) in [5, 5.41) is 2.71. The Morgan fingerprint density at radius 2 is 2.14 bits per heavy atom. The quantitative estimate of drug-likeness (QED) is 0.835. The Balaban J connectivity index is 2.08. The second kappa shape index (κ2) is 6.75. The molecule has 0 saturated heterocycles. The molecule has 22 heavy (non-hydrogen) atoms. The van der Waals surface area contributed by atoms with Gasteiger partial charge < -0.3 is 19.0 Å². The molecule has 2 rings (SSSR count). The van der Waals surface area contributed by atoms with Crippen molar-refractivity contribution < 1.29 is 18.7 Å². The number of hydrogen-bond acceptors (Lipinski definition) is 5. The van der Waals surface area contributed by atoms with Gasteiger partial charge in [0.15, 0.2) is 0 Å². The van der Waals surface area contributed by atoms with E-state index in [0.717, 1.165) is 4.57 Å². The summed E-state index contributed by atoms with van der Waals surface area (Å²) in [4.78, 5) is 35.2. The van der Waals surface area contributed by atoms with E-state index in [4.69, 9.17) is 4.42 Å². The van der Waals surface area contributed by atoms with Crippen LogP contribution in [0.2, 0.25) is 0 Å². The largest absolute Gasteiger partial charge is 0.467 e. The van der Waals surface area contributed by atoms with Crippen LogP contribution in [0.1, 0.15) is 29.1 Å². The lowest BCUT2D eigenvalue weighted by Crippen LogP contribution is -2.33. The van der Waals surface area contributed by atoms with Crippen molar-refractivity contribution >= 4 is 11.9 Å². The van der Waals surface area contributed by atoms with E-state index in [-0.39, 0.29) is 29.6 Å². The van der Waals surface area contributed by atoms with Crippen LogP contribution in [0.5, 0.6) is 0 Å². The third-order valence-corrected chi connectivity index (χ3v) is 3.07. The van der Waals surface area contributed by atoms with Crippen molar-refractivity contribution in [2.24, 2.45) is 0 Å². The fraction of sp³-hybridized carbons (Fsp3) is 0.267. The number of nitrogens with one attached hydrogen (secondary N) is 1. The normalized spacial score (nSPS) is 11.7. The highest BCUT2D eigenvalue weighted by molar-refractivity contribution is 5.89. The van der Waals surface area contributed by atoms with Gasteiger partial charge in [0.25, 0.3) is 5.56 Å². The van der Waals surface area contributed by atoms with E-state index in [9.17, 15) is 14.4 Å². The van der Waals surface area contributed by atoms with Crippen LogP contribution in [0.4, 0.5) is 0 Å². The van der Waals surface area contributed by atoms with E-state index in [1.54, 1.807) is 19.1 Å². The summed E-state index contributed by atoms with van der Waals surface area (Å²) >= 11 is 0. The average Bonchev–Trinajstić information content (AvgIpc) is 3.03. The van der Waals surface area contributed by atoms with Crippen LogP contribution >= 0.6 is 0 Å². The molecule has 0 spiro atoms. The van der Waals surface area contributed by atoms with Crippen molar-refractivity contribution in [3.8, 4) is 0 Å². The molecular weight excluding hydrogens is 288 g/mol. The fourth-order valence-corrected chi connectivity index (χ4v) is 1.94. The predicted octanol–water partition coefficient (Wildman–Crippen LogP) is 1.11. The molecule has 0 radical (unpaired) electrons. The summed E-state index contributed by atoms with van der Waals surface area (Å²) in [5.41, 5.74) is -0.178. The number of methoxy groups -OCH3 is 1. The number of aromatic nitrogens is 1. The fourth-order valence-electron chi connectivity index (χ4n) is 1.94. The van der Waals surface area contributed by atoms with E-state index >= 15 is 0 Å². The molecule has 0 aliphatic rings. The van der Waals surface area contributed by atoms with Crippen molar-refractivity contribution in [1.82, 2.24) is 9.88 Å². The molecule has 1 N–H and O–H groups in total. The van der Waals surface area contributed by atoms with Gasteiger partial charge >= 0.3 is 5.97 Å². The predicted molar refractivity (Wildman–Crippen MR) is 77.3 cm³/mol. The van der Waals surface area contributed by atoms with Crippen molar-refractivity contribution in [1.29, 1.82) is 0 Å². The second-order valence-corrected chi connectivity index (χ2v) is 4.68. The maximum atomic E-state index is 12.0. The lowest BCUT2D eigenvalue weighted by molar-refractivity contribution is -0.122. The molecule has 0 aliphatic carbocycles. The molecule has 0 aliphatic heterocycles. The standard InChI is InChI=1S/C15H16N2O5/c1-10(12-4-3-7-22-12)16-13(18)9-17-8-11(15(20)21-2)5-6-14(17)19/h3-8,10H,9H2,1-2H3,(H,16,18)/t10-/m1/s1. The number of carbonyl (C=O) groups excluding carboxylic acids is 2. The third kappa shape index (κ3) is 3.63. The average molecular weight is 304 g/mol. The number of amides is 1. The Kier molecular flexibility index (Phi) is 4.77. The number of rotatable bonds is 5. The molecule has 2 aromatic rings. The SMILES string of the molecule is COC(=O)c1ccc(=O)n(CC(=O)N[C@H](C)c2ccco2)c1. The maximum absolute atomic E-state index is 12.0. The monoisotopic (exact) mass is 304 g/mol. The maximum Gasteiger partial charge on any atom is 0.339 e.